The number of nitrogens with zero attached hydrogens (tertiary/aromatic N) is 2. The van der Waals surface area contributed by atoms with Crippen molar-refractivity contribution in [1.29, 1.82) is 0 Å². The molecule has 3 heterocycles. The first-order valence-electron chi connectivity index (χ1n) is 18.9. The van der Waals surface area contributed by atoms with Crippen molar-refractivity contribution >= 4 is 39.6 Å². The second kappa shape index (κ2) is 15.8. The summed E-state index contributed by atoms with van der Waals surface area (Å²) in [6, 6.07) is 38.4. The number of furan rings is 1. The average Bonchev–Trinajstić information content (AvgIpc) is 3.82. The van der Waals surface area contributed by atoms with E-state index in [1.807, 2.05) is 33.4 Å². The van der Waals surface area contributed by atoms with E-state index in [2.05, 4.69) is 156 Å². The molecule has 1 saturated carbocycles. The molecule has 1 aliphatic rings. The molecule has 1 radical (unpaired) electrons. The molecule has 3 nitrogen and oxygen atoms in total. The van der Waals surface area contributed by atoms with Crippen LogP contribution in [0.3, 0.4) is 0 Å². The SMILES string of the molecule is [CH2-]c1ccc2c(oc3ccc(-c4ccccc4)cc32)c1-c1cc(C(C)(C)C2CCCC2)cc[n+]1[CH2-].[CH2-]c1ccccc1-c1cc[c]([Ge]([CH3])([CH3])[CH3])c[n+]1[CH2-].[Ir]. The van der Waals surface area contributed by atoms with Gasteiger partial charge in [-0.1, -0.05) is 86.3 Å². The number of aromatic nitrogens is 2. The Morgan fingerprint density at radius 2 is 1.39 bits per heavy atom. The van der Waals surface area contributed by atoms with Gasteiger partial charge in [-0.3, -0.25) is 0 Å². The first kappa shape index (κ1) is 39.3. The van der Waals surface area contributed by atoms with Crippen LogP contribution < -0.4 is 13.5 Å². The van der Waals surface area contributed by atoms with Crippen molar-refractivity contribution < 1.29 is 33.7 Å². The van der Waals surface area contributed by atoms with Crippen molar-refractivity contribution in [2.24, 2.45) is 5.92 Å². The summed E-state index contributed by atoms with van der Waals surface area (Å²) in [5.74, 6) is 7.90. The smallest absolute Gasteiger partial charge is 0 e. The molecule has 0 atom stereocenters. The Morgan fingerprint density at radius 1 is 0.685 bits per heavy atom. The molecule has 279 valence electrons. The molecule has 8 rings (SSSR count). The Labute approximate surface area is 339 Å². The topological polar surface area (TPSA) is 20.9 Å². The van der Waals surface area contributed by atoms with E-state index in [1.54, 1.807) is 0 Å². The fraction of sp³-hybridized carbons (Fsp3) is 0.224. The summed E-state index contributed by atoms with van der Waals surface area (Å²) in [5, 5.41) is 2.24. The predicted octanol–water partition coefficient (Wildman–Crippen LogP) is 11.5. The number of fused-ring (bicyclic) bond motifs is 3. The zero-order valence-corrected chi connectivity index (χ0v) is 36.9. The Morgan fingerprint density at radius 3 is 2.07 bits per heavy atom. The van der Waals surface area contributed by atoms with Gasteiger partial charge in [-0.15, -0.1) is 6.07 Å². The largest absolute Gasteiger partial charge is 0 e. The Balaban J connectivity index is 0.000000222. The van der Waals surface area contributed by atoms with Gasteiger partial charge in [0.25, 0.3) is 0 Å². The second-order valence-electron chi connectivity index (χ2n) is 16.3. The molecule has 7 aromatic rings. The molecule has 0 unspecified atom stereocenters. The van der Waals surface area contributed by atoms with Crippen LogP contribution in [0.4, 0.5) is 0 Å². The second-order valence-corrected chi connectivity index (χ2v) is 27.0. The molecular formula is C49H52GeIrN2O-2. The van der Waals surface area contributed by atoms with Crippen molar-refractivity contribution in [1.82, 2.24) is 0 Å². The molecule has 3 aromatic heterocycles. The molecule has 4 aromatic carbocycles. The van der Waals surface area contributed by atoms with Gasteiger partial charge < -0.3 is 8.98 Å². The van der Waals surface area contributed by atoms with E-state index >= 15 is 0 Å². The van der Waals surface area contributed by atoms with Crippen LogP contribution in [-0.4, -0.2) is 13.3 Å². The molecule has 0 N–H and O–H groups in total. The number of rotatable bonds is 6. The number of pyridine rings is 2. The summed E-state index contributed by atoms with van der Waals surface area (Å²) in [6.45, 7) is 13.3. The third-order valence-corrected chi connectivity index (χ3v) is 15.7. The van der Waals surface area contributed by atoms with Crippen molar-refractivity contribution in [3.63, 3.8) is 0 Å². The van der Waals surface area contributed by atoms with E-state index in [4.69, 9.17) is 4.42 Å². The van der Waals surface area contributed by atoms with E-state index < -0.39 is 13.3 Å². The van der Waals surface area contributed by atoms with Gasteiger partial charge >= 0.3 is 113 Å². The molecule has 0 aliphatic heterocycles. The van der Waals surface area contributed by atoms with Crippen LogP contribution in [-0.2, 0) is 25.5 Å². The van der Waals surface area contributed by atoms with Gasteiger partial charge in [-0.2, -0.15) is 18.6 Å². The van der Waals surface area contributed by atoms with Gasteiger partial charge in [-0.25, -0.2) is 0 Å². The van der Waals surface area contributed by atoms with Gasteiger partial charge in [0.1, 0.15) is 5.58 Å². The minimum absolute atomic E-state index is 0. The molecule has 1 fully saturated rings. The summed E-state index contributed by atoms with van der Waals surface area (Å²) in [4.78, 5) is 0. The fourth-order valence-corrected chi connectivity index (χ4v) is 10.4. The maximum atomic E-state index is 6.51. The summed E-state index contributed by atoms with van der Waals surface area (Å²) in [6.07, 6.45) is 9.58. The van der Waals surface area contributed by atoms with Crippen LogP contribution in [0.15, 0.2) is 126 Å². The van der Waals surface area contributed by atoms with Crippen LogP contribution in [0.25, 0.3) is 55.6 Å². The average molecular weight is 950 g/mol. The van der Waals surface area contributed by atoms with Crippen LogP contribution in [0.2, 0.25) is 17.3 Å². The molecule has 0 amide bonds. The molecule has 0 bridgehead atoms. The van der Waals surface area contributed by atoms with Gasteiger partial charge in [0.2, 0.25) is 0 Å². The third kappa shape index (κ3) is 7.75. The van der Waals surface area contributed by atoms with Crippen LogP contribution >= 0.6 is 0 Å². The quantitative estimate of drug-likeness (QED) is 0.0924. The van der Waals surface area contributed by atoms with Crippen molar-refractivity contribution in [2.75, 3.05) is 0 Å². The standard InChI is InChI=1S/C33H32NO.C16H20GeN.Ir/c1-22-14-16-27-28-20-24(23-10-6-5-7-11-23)15-17-30(28)35-32(27)31(22)29-21-26(18-19-34(29)4)33(2,3)25-12-8-9-13-25;1-13-8-6-7-9-15(13)16-11-10-14(12-18(16)5)17(2,3)4;/h5-7,10-11,14-21,25H,1,4,8-9,12-13H2,2-3H3;6-12H,1,5H2,2-4H3;/q2*-1;. The van der Waals surface area contributed by atoms with Gasteiger partial charge in [0.05, 0.1) is 17.5 Å². The molecule has 0 saturated heterocycles. The zero-order chi connectivity index (χ0) is 37.5. The Bertz CT molecular complexity index is 2420. The third-order valence-electron chi connectivity index (χ3n) is 11.4. The van der Waals surface area contributed by atoms with Gasteiger partial charge in [-0.05, 0) is 47.4 Å². The van der Waals surface area contributed by atoms with Crippen LogP contribution in [0, 0.1) is 33.9 Å². The molecular weight excluding hydrogens is 897 g/mol. The summed E-state index contributed by atoms with van der Waals surface area (Å²) >= 11 is -1.78. The summed E-state index contributed by atoms with van der Waals surface area (Å²) in [5.41, 5.74) is 12.0. The fourth-order valence-electron chi connectivity index (χ4n) is 8.00. The normalized spacial score (nSPS) is 13.4. The summed E-state index contributed by atoms with van der Waals surface area (Å²) < 4.78 is 11.9. The number of hydrogen-bond donors (Lipinski definition) is 0. The van der Waals surface area contributed by atoms with E-state index in [0.29, 0.717) is 5.92 Å². The van der Waals surface area contributed by atoms with E-state index in [9.17, 15) is 0 Å². The predicted molar refractivity (Wildman–Crippen MR) is 225 cm³/mol. The van der Waals surface area contributed by atoms with E-state index in [0.717, 1.165) is 55.6 Å². The minimum atomic E-state index is -1.78. The van der Waals surface area contributed by atoms with E-state index in [1.165, 1.54) is 46.8 Å². The van der Waals surface area contributed by atoms with Crippen molar-refractivity contribution in [3.8, 4) is 33.6 Å². The zero-order valence-electron chi connectivity index (χ0n) is 32.4. The monoisotopic (exact) mass is 951 g/mol. The van der Waals surface area contributed by atoms with E-state index in [-0.39, 0.29) is 25.5 Å². The molecule has 5 heteroatoms. The summed E-state index contributed by atoms with van der Waals surface area (Å²) in [7, 11) is 8.45. The maximum Gasteiger partial charge on any atom is 0 e. The first-order valence-corrected chi connectivity index (χ1v) is 26.2. The number of hydrogen-bond acceptors (Lipinski definition) is 1. The van der Waals surface area contributed by atoms with Crippen molar-refractivity contribution in [3.05, 3.63) is 166 Å². The minimum Gasteiger partial charge on any atom is 0 e. The Hall–Kier alpha value is -4.35. The Kier molecular flexibility index (Phi) is 11.5. The van der Waals surface area contributed by atoms with Gasteiger partial charge in [0.15, 0.2) is 0 Å². The van der Waals surface area contributed by atoms with Gasteiger partial charge in [0, 0.05) is 37.9 Å². The maximum absolute atomic E-state index is 6.51. The molecule has 0 spiro atoms. The van der Waals surface area contributed by atoms with Crippen LogP contribution in [0.1, 0.15) is 56.2 Å². The molecule has 1 aliphatic carbocycles. The number of benzene rings is 4. The van der Waals surface area contributed by atoms with Crippen molar-refractivity contribution in [2.45, 2.75) is 62.2 Å². The van der Waals surface area contributed by atoms with Crippen LogP contribution in [0.5, 0.6) is 0 Å². The molecule has 54 heavy (non-hydrogen) atoms. The first-order chi connectivity index (χ1) is 25.3.